The van der Waals surface area contributed by atoms with Crippen LogP contribution in [0.15, 0.2) is 267 Å². The Kier molecular flexibility index (Phi) is 9.54. The van der Waals surface area contributed by atoms with Crippen molar-refractivity contribution in [2.45, 2.75) is 36.5 Å². The Labute approximate surface area is 460 Å². The Balaban J connectivity index is 0.796. The van der Waals surface area contributed by atoms with E-state index in [4.69, 9.17) is 0 Å². The van der Waals surface area contributed by atoms with Gasteiger partial charge in [0.05, 0.1) is 16.7 Å². The van der Waals surface area contributed by atoms with E-state index in [-0.39, 0.29) is 10.8 Å². The van der Waals surface area contributed by atoms with Crippen LogP contribution in [-0.2, 0) is 36.5 Å². The van der Waals surface area contributed by atoms with Crippen molar-refractivity contribution in [1.82, 2.24) is 9.55 Å². The maximum Gasteiger partial charge on any atom is 0.0702 e. The van der Waals surface area contributed by atoms with Crippen molar-refractivity contribution >= 4 is 21.8 Å². The third-order valence-corrected chi connectivity index (χ3v) is 18.7. The van der Waals surface area contributed by atoms with E-state index < -0.39 is 0 Å². The van der Waals surface area contributed by atoms with Gasteiger partial charge in [-0.3, -0.25) is 4.98 Å². The Morgan fingerprint density at radius 1 is 0.278 bits per heavy atom. The van der Waals surface area contributed by atoms with Crippen LogP contribution in [0.3, 0.4) is 0 Å². The molecule has 17 rings (SSSR count). The summed E-state index contributed by atoms with van der Waals surface area (Å²) in [4.78, 5) is 4.62. The predicted molar refractivity (Wildman–Crippen MR) is 326 cm³/mol. The molecule has 79 heavy (non-hydrogen) atoms. The average Bonchev–Trinajstić information content (AvgIpc) is 4.50. The van der Waals surface area contributed by atoms with E-state index in [9.17, 15) is 0 Å². The number of nitrogens with zero attached hydrogens (tertiary/aromatic N) is 2. The van der Waals surface area contributed by atoms with Crippen LogP contribution in [0.25, 0.3) is 106 Å². The van der Waals surface area contributed by atoms with E-state index in [0.717, 1.165) is 42.6 Å². The molecule has 0 amide bonds. The van der Waals surface area contributed by atoms with Crippen molar-refractivity contribution in [3.05, 3.63) is 312 Å². The molecule has 4 aliphatic rings. The molecule has 2 heterocycles. The van der Waals surface area contributed by atoms with E-state index in [0.29, 0.717) is 0 Å². The number of pyridine rings is 1. The number of benzene rings is 11. The van der Waals surface area contributed by atoms with Crippen molar-refractivity contribution < 1.29 is 0 Å². The first-order chi connectivity index (χ1) is 39.0. The predicted octanol–water partition coefficient (Wildman–Crippen LogP) is 18.6. The van der Waals surface area contributed by atoms with Crippen LogP contribution in [0.4, 0.5) is 0 Å². The first-order valence-electron chi connectivity index (χ1n) is 28.0. The molecule has 2 nitrogen and oxygen atoms in total. The normalized spacial score (nSPS) is 14.6. The number of aromatic nitrogens is 2. The first kappa shape index (κ1) is 44.5. The lowest BCUT2D eigenvalue weighted by Crippen LogP contribution is -2.25. The van der Waals surface area contributed by atoms with Crippen molar-refractivity contribution in [3.8, 4) is 83.7 Å². The van der Waals surface area contributed by atoms with Gasteiger partial charge in [-0.1, -0.05) is 188 Å². The Morgan fingerprint density at radius 3 is 1.18 bits per heavy atom. The molecule has 370 valence electrons. The summed E-state index contributed by atoms with van der Waals surface area (Å²) < 4.78 is 2.48. The van der Waals surface area contributed by atoms with E-state index in [1.54, 1.807) is 0 Å². The molecule has 13 aromatic rings. The molecule has 2 spiro atoms. The fourth-order valence-electron chi connectivity index (χ4n) is 15.0. The van der Waals surface area contributed by atoms with Crippen LogP contribution in [-0.4, -0.2) is 9.55 Å². The molecule has 0 N–H and O–H groups in total. The topological polar surface area (TPSA) is 17.8 Å². The van der Waals surface area contributed by atoms with E-state index in [1.165, 1.54) is 133 Å². The zero-order valence-electron chi connectivity index (χ0n) is 43.6. The molecule has 0 bridgehead atoms. The molecule has 0 atom stereocenters. The van der Waals surface area contributed by atoms with E-state index >= 15 is 0 Å². The molecule has 0 aliphatic heterocycles. The van der Waals surface area contributed by atoms with Gasteiger partial charge >= 0.3 is 0 Å². The Hall–Kier alpha value is -9.63. The van der Waals surface area contributed by atoms with Crippen LogP contribution < -0.4 is 0 Å². The van der Waals surface area contributed by atoms with Crippen molar-refractivity contribution in [1.29, 1.82) is 0 Å². The van der Waals surface area contributed by atoms with E-state index in [2.05, 4.69) is 258 Å². The van der Waals surface area contributed by atoms with Crippen LogP contribution in [0.1, 0.15) is 44.5 Å². The quantitative estimate of drug-likeness (QED) is 0.162. The third kappa shape index (κ3) is 6.68. The maximum absolute atomic E-state index is 4.62. The van der Waals surface area contributed by atoms with Gasteiger partial charge < -0.3 is 4.57 Å². The summed E-state index contributed by atoms with van der Waals surface area (Å²) in [6.45, 7) is 0. The average molecular weight is 1010 g/mol. The number of hydrogen-bond donors (Lipinski definition) is 0. The second kappa shape index (κ2) is 16.9. The van der Waals surface area contributed by atoms with Gasteiger partial charge in [0.2, 0.25) is 0 Å². The number of hydrogen-bond acceptors (Lipinski definition) is 1. The Morgan fingerprint density at radius 2 is 0.671 bits per heavy atom. The zero-order chi connectivity index (χ0) is 51.8. The Bertz CT molecular complexity index is 4410. The lowest BCUT2D eigenvalue weighted by molar-refractivity contribution is 0.563. The molecule has 4 aliphatic carbocycles. The molecule has 0 saturated carbocycles. The number of fused-ring (bicyclic) bond motifs is 15. The highest BCUT2D eigenvalue weighted by atomic mass is 15.0. The zero-order valence-corrected chi connectivity index (χ0v) is 43.6. The van der Waals surface area contributed by atoms with Gasteiger partial charge in [-0.2, -0.15) is 0 Å². The van der Waals surface area contributed by atoms with Crippen LogP contribution >= 0.6 is 0 Å². The highest BCUT2D eigenvalue weighted by molar-refractivity contribution is 6.12. The molecule has 0 saturated heterocycles. The summed E-state index contributed by atoms with van der Waals surface area (Å²) in [6, 6.07) is 98.5. The molecular weight excluding hydrogens is 953 g/mol. The van der Waals surface area contributed by atoms with Crippen molar-refractivity contribution in [2.24, 2.45) is 0 Å². The smallest absolute Gasteiger partial charge is 0.0702 e. The summed E-state index contributed by atoms with van der Waals surface area (Å²) in [6.07, 6.45) is 5.97. The summed E-state index contributed by atoms with van der Waals surface area (Å²) >= 11 is 0. The second-order valence-corrected chi connectivity index (χ2v) is 22.7. The van der Waals surface area contributed by atoms with Gasteiger partial charge in [0.25, 0.3) is 0 Å². The summed E-state index contributed by atoms with van der Waals surface area (Å²) in [5.41, 5.74) is 32.4. The van der Waals surface area contributed by atoms with Crippen LogP contribution in [0.2, 0.25) is 0 Å². The standard InChI is InChI=1S/C77H52N2/c1-2-14-59-46-76(45-58(59)13-1)69-23-7-5-21-63(69)65-34-28-55(43-71(65)76)53-30-36-74-67(41-53)68-42-54(56-29-35-66-64-22-6-8-24-70(64)77(72(66)44-56)47-60-15-3-4-16-61(60)48-77)31-37-75(68)79(74)62-32-26-49(27-33-62)50-17-11-18-51(39-50)52-19-12-20-57(40-52)73-25-9-10-38-78-73/h1-44H,45-48H2. The largest absolute Gasteiger partial charge is 0.309 e. The van der Waals surface area contributed by atoms with Gasteiger partial charge in [0, 0.05) is 39.1 Å². The molecule has 11 aromatic carbocycles. The van der Waals surface area contributed by atoms with Gasteiger partial charge in [0.15, 0.2) is 0 Å². The molecule has 0 radical (unpaired) electrons. The van der Waals surface area contributed by atoms with E-state index in [1.807, 2.05) is 18.3 Å². The van der Waals surface area contributed by atoms with Gasteiger partial charge in [0.1, 0.15) is 0 Å². The lowest BCUT2D eigenvalue weighted by atomic mass is 9.75. The number of rotatable bonds is 6. The minimum Gasteiger partial charge on any atom is -0.309 e. The van der Waals surface area contributed by atoms with Crippen LogP contribution in [0.5, 0.6) is 0 Å². The SMILES string of the molecule is c1ccc(-c2cccc(-c3cccc(-c4ccc(-n5c6ccc(-c7ccc8c(c7)C7(Cc9ccccc9C7)c7ccccc7-8)cc6c6cc(-c7ccc8c(c7)C7(Cc9ccccc9C7)c7ccccc7-8)ccc65)cc4)c3)c2)nc1. The molecule has 2 heteroatoms. The summed E-state index contributed by atoms with van der Waals surface area (Å²) in [7, 11) is 0. The molecule has 2 aromatic heterocycles. The highest BCUT2D eigenvalue weighted by Gasteiger charge is 2.48. The first-order valence-corrected chi connectivity index (χ1v) is 28.0. The third-order valence-electron chi connectivity index (χ3n) is 18.7. The lowest BCUT2D eigenvalue weighted by Gasteiger charge is -2.27. The summed E-state index contributed by atoms with van der Waals surface area (Å²) in [5, 5.41) is 2.50. The highest BCUT2D eigenvalue weighted by Crippen LogP contribution is 2.58. The van der Waals surface area contributed by atoms with Crippen LogP contribution in [0, 0.1) is 0 Å². The van der Waals surface area contributed by atoms with Gasteiger partial charge in [-0.15, -0.1) is 0 Å². The minimum absolute atomic E-state index is 0.0730. The van der Waals surface area contributed by atoms with Crippen molar-refractivity contribution in [3.63, 3.8) is 0 Å². The fourth-order valence-corrected chi connectivity index (χ4v) is 15.0. The molecule has 0 fully saturated rings. The fraction of sp³-hybridized carbons (Fsp3) is 0.0779. The second-order valence-electron chi connectivity index (χ2n) is 22.7. The molecule has 0 unspecified atom stereocenters. The summed E-state index contributed by atoms with van der Waals surface area (Å²) in [5.74, 6) is 0. The molecular formula is C77H52N2. The minimum atomic E-state index is -0.0730. The van der Waals surface area contributed by atoms with Crippen molar-refractivity contribution in [2.75, 3.05) is 0 Å². The monoisotopic (exact) mass is 1000 g/mol. The van der Waals surface area contributed by atoms with Gasteiger partial charge in [-0.25, -0.2) is 0 Å². The van der Waals surface area contributed by atoms with Gasteiger partial charge in [-0.05, 0) is 210 Å². The maximum atomic E-state index is 4.62.